The van der Waals surface area contributed by atoms with Crippen molar-refractivity contribution in [1.29, 1.82) is 0 Å². The topological polar surface area (TPSA) is 49.4 Å². The van der Waals surface area contributed by atoms with E-state index in [1.54, 1.807) is 6.26 Å². The first kappa shape index (κ1) is 15.8. The average molecular weight is 306 g/mol. The highest BCUT2D eigenvalue weighted by Gasteiger charge is 2.20. The molecule has 0 spiro atoms. The minimum atomic E-state index is -0.898. The van der Waals surface area contributed by atoms with Gasteiger partial charge in [0.15, 0.2) is 0 Å². The molecule has 0 saturated carbocycles. The Hall–Kier alpha value is -1.62. The van der Waals surface area contributed by atoms with Gasteiger partial charge in [-0.1, -0.05) is 36.4 Å². The Morgan fingerprint density at radius 2 is 2.10 bits per heavy atom. The Labute approximate surface area is 128 Å². The van der Waals surface area contributed by atoms with Crippen molar-refractivity contribution in [2.75, 3.05) is 25.1 Å². The van der Waals surface area contributed by atoms with Crippen molar-refractivity contribution in [3.63, 3.8) is 0 Å². The van der Waals surface area contributed by atoms with Crippen LogP contribution < -0.4 is 5.32 Å². The molecule has 0 aromatic heterocycles. The second kappa shape index (κ2) is 7.41. The molecule has 1 heterocycles. The summed E-state index contributed by atoms with van der Waals surface area (Å²) in [6, 6.07) is 9.99. The van der Waals surface area contributed by atoms with Crippen molar-refractivity contribution in [3.8, 4) is 0 Å². The lowest BCUT2D eigenvalue weighted by Gasteiger charge is -2.29. The van der Waals surface area contributed by atoms with E-state index in [-0.39, 0.29) is 12.1 Å². The second-order valence-electron chi connectivity index (χ2n) is 5.40. The van der Waals surface area contributed by atoms with E-state index in [0.29, 0.717) is 12.3 Å². The molecule has 114 valence electrons. The summed E-state index contributed by atoms with van der Waals surface area (Å²) in [5, 5.41) is 2.92. The van der Waals surface area contributed by atoms with Gasteiger partial charge >= 0.3 is 6.03 Å². The summed E-state index contributed by atoms with van der Waals surface area (Å²) in [5.74, 6) is 0.487. The largest absolute Gasteiger partial charge is 0.335 e. The highest BCUT2D eigenvalue weighted by molar-refractivity contribution is 7.84. The van der Waals surface area contributed by atoms with Gasteiger partial charge in [-0.25, -0.2) is 4.79 Å². The fourth-order valence-electron chi connectivity index (χ4n) is 2.47. The lowest BCUT2D eigenvalue weighted by atomic mass is 10.0. The third-order valence-electron chi connectivity index (χ3n) is 3.44. The first-order valence-corrected chi connectivity index (χ1v) is 8.89. The second-order valence-corrected chi connectivity index (χ2v) is 6.88. The summed E-state index contributed by atoms with van der Waals surface area (Å²) >= 11 is 0. The number of nitrogens with zero attached hydrogens (tertiary/aromatic N) is 1. The molecule has 1 aromatic rings. The van der Waals surface area contributed by atoms with Crippen molar-refractivity contribution in [2.24, 2.45) is 0 Å². The number of benzene rings is 1. The summed E-state index contributed by atoms with van der Waals surface area (Å²) in [4.78, 5) is 14.1. The summed E-state index contributed by atoms with van der Waals surface area (Å²) in [6.07, 6.45) is 4.72. The van der Waals surface area contributed by atoms with Crippen LogP contribution in [0.4, 0.5) is 4.79 Å². The number of hydrogen-bond donors (Lipinski definition) is 1. The average Bonchev–Trinajstić information content (AvgIpc) is 2.47. The van der Waals surface area contributed by atoms with Crippen LogP contribution >= 0.6 is 0 Å². The minimum absolute atomic E-state index is 0.0746. The zero-order chi connectivity index (χ0) is 15.2. The molecule has 0 unspecified atom stereocenters. The normalized spacial score (nSPS) is 17.8. The first-order chi connectivity index (χ1) is 10.1. The highest BCUT2D eigenvalue weighted by Crippen LogP contribution is 2.20. The van der Waals surface area contributed by atoms with Crippen LogP contribution in [0.1, 0.15) is 18.9 Å². The van der Waals surface area contributed by atoms with Crippen molar-refractivity contribution in [1.82, 2.24) is 10.2 Å². The first-order valence-electron chi connectivity index (χ1n) is 7.16. The van der Waals surface area contributed by atoms with Crippen LogP contribution in [0.3, 0.4) is 0 Å². The number of carbonyl (C=O) groups excluding carboxylic acids is 1. The molecule has 5 heteroatoms. The number of hydrogen-bond acceptors (Lipinski definition) is 2. The molecule has 2 rings (SSSR count). The zero-order valence-corrected chi connectivity index (χ0v) is 13.4. The Morgan fingerprint density at radius 3 is 2.76 bits per heavy atom. The van der Waals surface area contributed by atoms with Gasteiger partial charge in [-0.2, -0.15) is 0 Å². The van der Waals surface area contributed by atoms with Crippen molar-refractivity contribution in [2.45, 2.75) is 19.4 Å². The molecule has 1 aliphatic heterocycles. The van der Waals surface area contributed by atoms with Crippen LogP contribution in [-0.2, 0) is 10.8 Å². The Bertz CT molecular complexity index is 542. The number of nitrogens with one attached hydrogen (secondary N) is 1. The van der Waals surface area contributed by atoms with Gasteiger partial charge in [0.2, 0.25) is 0 Å². The van der Waals surface area contributed by atoms with Crippen LogP contribution in [-0.4, -0.2) is 46.3 Å². The van der Waals surface area contributed by atoms with E-state index < -0.39 is 10.8 Å². The van der Waals surface area contributed by atoms with Crippen molar-refractivity contribution < 1.29 is 9.00 Å². The van der Waals surface area contributed by atoms with E-state index in [2.05, 4.69) is 23.5 Å². The fourth-order valence-corrected chi connectivity index (χ4v) is 3.26. The van der Waals surface area contributed by atoms with Gasteiger partial charge in [0.05, 0.1) is 0 Å². The Kier molecular flexibility index (Phi) is 5.56. The van der Waals surface area contributed by atoms with Gasteiger partial charge in [-0.05, 0) is 24.5 Å². The fraction of sp³-hybridized carbons (Fsp3) is 0.438. The molecule has 1 aliphatic rings. The SMILES string of the molecule is C[C@H](C[S@@](C)=O)NC(=O)N1CCC=C(c2ccccc2)C1. The molecule has 21 heavy (non-hydrogen) atoms. The molecule has 0 saturated heterocycles. The summed E-state index contributed by atoms with van der Waals surface area (Å²) in [6.45, 7) is 3.24. The monoisotopic (exact) mass is 306 g/mol. The number of urea groups is 1. The highest BCUT2D eigenvalue weighted by atomic mass is 32.2. The predicted molar refractivity (Wildman–Crippen MR) is 87.5 cm³/mol. The molecule has 0 fully saturated rings. The molecule has 1 N–H and O–H groups in total. The lowest BCUT2D eigenvalue weighted by Crippen LogP contribution is -2.47. The molecular weight excluding hydrogens is 284 g/mol. The minimum Gasteiger partial charge on any atom is -0.335 e. The number of amides is 2. The van der Waals surface area contributed by atoms with E-state index >= 15 is 0 Å². The van der Waals surface area contributed by atoms with E-state index in [9.17, 15) is 9.00 Å². The van der Waals surface area contributed by atoms with Gasteiger partial charge in [-0.3, -0.25) is 4.21 Å². The van der Waals surface area contributed by atoms with Crippen LogP contribution in [0.15, 0.2) is 36.4 Å². The Balaban J connectivity index is 1.95. The van der Waals surface area contributed by atoms with Gasteiger partial charge in [0.1, 0.15) is 0 Å². The molecule has 2 amide bonds. The maximum atomic E-state index is 12.3. The lowest BCUT2D eigenvalue weighted by molar-refractivity contribution is 0.201. The standard InChI is InChI=1S/C16H22N2O2S/c1-13(12-21(2)20)17-16(19)18-10-6-9-15(11-18)14-7-4-3-5-8-14/h3-5,7-9,13H,6,10-12H2,1-2H3,(H,17,19)/t13-,21-/m1/s1. The number of carbonyl (C=O) groups is 1. The summed E-state index contributed by atoms with van der Waals surface area (Å²) < 4.78 is 11.2. The van der Waals surface area contributed by atoms with Gasteiger partial charge in [0.25, 0.3) is 0 Å². The zero-order valence-electron chi connectivity index (χ0n) is 12.5. The van der Waals surface area contributed by atoms with Crippen LogP contribution in [0.5, 0.6) is 0 Å². The van der Waals surface area contributed by atoms with Gasteiger partial charge < -0.3 is 10.2 Å². The summed E-state index contributed by atoms with van der Waals surface area (Å²) in [5.41, 5.74) is 2.35. The molecule has 0 bridgehead atoms. The summed E-state index contributed by atoms with van der Waals surface area (Å²) in [7, 11) is -0.898. The van der Waals surface area contributed by atoms with Crippen molar-refractivity contribution in [3.05, 3.63) is 42.0 Å². The smallest absolute Gasteiger partial charge is 0.317 e. The molecule has 2 atom stereocenters. The molecule has 0 radical (unpaired) electrons. The van der Waals surface area contributed by atoms with E-state index in [1.807, 2.05) is 30.0 Å². The number of rotatable bonds is 4. The van der Waals surface area contributed by atoms with Crippen molar-refractivity contribution >= 4 is 22.4 Å². The maximum Gasteiger partial charge on any atom is 0.317 e. The maximum absolute atomic E-state index is 12.3. The van der Waals surface area contributed by atoms with E-state index in [0.717, 1.165) is 18.5 Å². The third kappa shape index (κ3) is 4.70. The van der Waals surface area contributed by atoms with Crippen LogP contribution in [0.25, 0.3) is 5.57 Å². The van der Waals surface area contributed by atoms with Crippen LogP contribution in [0, 0.1) is 0 Å². The molecule has 0 aliphatic carbocycles. The van der Waals surface area contributed by atoms with E-state index in [1.165, 1.54) is 5.57 Å². The predicted octanol–water partition coefficient (Wildman–Crippen LogP) is 2.25. The molecular formula is C16H22N2O2S. The van der Waals surface area contributed by atoms with E-state index in [4.69, 9.17) is 0 Å². The molecule has 1 aromatic carbocycles. The Morgan fingerprint density at radius 1 is 1.38 bits per heavy atom. The third-order valence-corrected chi connectivity index (χ3v) is 4.41. The van der Waals surface area contributed by atoms with Gasteiger partial charge in [0, 0.05) is 41.9 Å². The van der Waals surface area contributed by atoms with Crippen LogP contribution in [0.2, 0.25) is 0 Å². The quantitative estimate of drug-likeness (QED) is 0.927. The molecule has 4 nitrogen and oxygen atoms in total. The van der Waals surface area contributed by atoms with Gasteiger partial charge in [-0.15, -0.1) is 0 Å².